The molecule has 0 amide bonds. The van der Waals surface area contributed by atoms with Crippen molar-refractivity contribution in [2.75, 3.05) is 11.9 Å². The summed E-state index contributed by atoms with van der Waals surface area (Å²) in [5.41, 5.74) is 8.48. The number of hydrogen-bond donors (Lipinski definition) is 1. The van der Waals surface area contributed by atoms with Crippen molar-refractivity contribution in [1.29, 1.82) is 0 Å². The molecule has 4 heteroatoms. The minimum absolute atomic E-state index is 0.120. The maximum atomic E-state index is 13.1. The van der Waals surface area contributed by atoms with Crippen LogP contribution in [0.25, 0.3) is 0 Å². The van der Waals surface area contributed by atoms with Gasteiger partial charge in [0, 0.05) is 25.0 Å². The summed E-state index contributed by atoms with van der Waals surface area (Å²) in [6.07, 6.45) is 0. The van der Waals surface area contributed by atoms with Gasteiger partial charge in [-0.1, -0.05) is 23.7 Å². The van der Waals surface area contributed by atoms with Crippen LogP contribution in [-0.2, 0) is 6.54 Å². The lowest BCUT2D eigenvalue weighted by Gasteiger charge is -2.20. The summed E-state index contributed by atoms with van der Waals surface area (Å²) in [4.78, 5) is 1.94. The van der Waals surface area contributed by atoms with E-state index in [1.165, 1.54) is 6.07 Å². The van der Waals surface area contributed by atoms with Crippen LogP contribution >= 0.6 is 11.6 Å². The van der Waals surface area contributed by atoms with Gasteiger partial charge < -0.3 is 10.6 Å². The molecule has 0 aliphatic heterocycles. The number of nitrogens with two attached hydrogens (primary N) is 1. The number of halogens is 2. The van der Waals surface area contributed by atoms with E-state index < -0.39 is 5.82 Å². The van der Waals surface area contributed by atoms with Gasteiger partial charge in [-0.15, -0.1) is 0 Å². The van der Waals surface area contributed by atoms with Crippen LogP contribution < -0.4 is 10.6 Å². The van der Waals surface area contributed by atoms with Gasteiger partial charge in [0.05, 0.1) is 5.02 Å². The van der Waals surface area contributed by atoms with E-state index in [1.54, 1.807) is 12.1 Å². The van der Waals surface area contributed by atoms with Gasteiger partial charge in [-0.3, -0.25) is 0 Å². The molecule has 0 radical (unpaired) electrons. The van der Waals surface area contributed by atoms with Gasteiger partial charge in [0.2, 0.25) is 0 Å². The maximum absolute atomic E-state index is 13.1. The van der Waals surface area contributed by atoms with Crippen LogP contribution in [0.15, 0.2) is 42.5 Å². The molecule has 0 fully saturated rings. The first kappa shape index (κ1) is 12.9. The largest absolute Gasteiger partial charge is 0.345 e. The Balaban J connectivity index is 2.34. The smallest absolute Gasteiger partial charge is 0.141 e. The molecule has 0 saturated heterocycles. The first-order chi connectivity index (χ1) is 8.61. The first-order valence-electron chi connectivity index (χ1n) is 5.59. The highest BCUT2D eigenvalue weighted by Gasteiger charge is 2.07. The molecule has 2 rings (SSSR count). The Morgan fingerprint density at radius 2 is 1.89 bits per heavy atom. The summed E-state index contributed by atoms with van der Waals surface area (Å²) in [6.45, 7) is 0.492. The molecule has 0 aliphatic carbocycles. The van der Waals surface area contributed by atoms with E-state index in [0.717, 1.165) is 16.9 Å². The monoisotopic (exact) mass is 264 g/mol. The van der Waals surface area contributed by atoms with Crippen LogP contribution in [0.1, 0.15) is 5.56 Å². The van der Waals surface area contributed by atoms with Crippen molar-refractivity contribution in [2.45, 2.75) is 6.54 Å². The normalized spacial score (nSPS) is 10.4. The SMILES string of the molecule is CN(c1cccc(CN)c1)c1ccc(F)c(Cl)c1. The van der Waals surface area contributed by atoms with E-state index in [1.807, 2.05) is 36.2 Å². The first-order valence-corrected chi connectivity index (χ1v) is 5.97. The van der Waals surface area contributed by atoms with Crippen molar-refractivity contribution in [3.05, 3.63) is 58.9 Å². The molecule has 2 N–H and O–H groups in total. The van der Waals surface area contributed by atoms with Gasteiger partial charge in [0.25, 0.3) is 0 Å². The summed E-state index contributed by atoms with van der Waals surface area (Å²) in [5, 5.41) is 0.120. The molecule has 0 aromatic heterocycles. The summed E-state index contributed by atoms with van der Waals surface area (Å²) in [5.74, 6) is -0.412. The number of hydrogen-bond acceptors (Lipinski definition) is 2. The fourth-order valence-corrected chi connectivity index (χ4v) is 1.91. The van der Waals surface area contributed by atoms with Crippen molar-refractivity contribution >= 4 is 23.0 Å². The van der Waals surface area contributed by atoms with Gasteiger partial charge in [-0.2, -0.15) is 0 Å². The van der Waals surface area contributed by atoms with E-state index in [9.17, 15) is 4.39 Å². The van der Waals surface area contributed by atoms with Crippen LogP contribution in [0.2, 0.25) is 5.02 Å². The van der Waals surface area contributed by atoms with Crippen LogP contribution in [0.5, 0.6) is 0 Å². The van der Waals surface area contributed by atoms with Gasteiger partial charge in [0.15, 0.2) is 0 Å². The molecule has 0 spiro atoms. The Bertz CT molecular complexity index is 557. The number of benzene rings is 2. The average molecular weight is 265 g/mol. The molecule has 0 aliphatic rings. The highest BCUT2D eigenvalue weighted by Crippen LogP contribution is 2.27. The summed E-state index contributed by atoms with van der Waals surface area (Å²) < 4.78 is 13.1. The Hall–Kier alpha value is -1.58. The van der Waals surface area contributed by atoms with Crippen molar-refractivity contribution in [3.63, 3.8) is 0 Å². The van der Waals surface area contributed by atoms with Crippen LogP contribution in [-0.4, -0.2) is 7.05 Å². The zero-order chi connectivity index (χ0) is 13.1. The lowest BCUT2D eigenvalue weighted by molar-refractivity contribution is 0.628. The Morgan fingerprint density at radius 1 is 1.17 bits per heavy atom. The standard InChI is InChI=1S/C14H14ClFN2/c1-18(11-4-2-3-10(7-11)9-17)12-5-6-14(16)13(15)8-12/h2-8H,9,17H2,1H3. The van der Waals surface area contributed by atoms with Crippen molar-refractivity contribution in [2.24, 2.45) is 5.73 Å². The molecule has 0 saturated carbocycles. The molecule has 0 heterocycles. The average Bonchev–Trinajstić information content (AvgIpc) is 2.41. The fourth-order valence-electron chi connectivity index (χ4n) is 1.73. The second-order valence-corrected chi connectivity index (χ2v) is 4.44. The third-order valence-electron chi connectivity index (χ3n) is 2.82. The quantitative estimate of drug-likeness (QED) is 0.916. The van der Waals surface area contributed by atoms with Crippen molar-refractivity contribution in [3.8, 4) is 0 Å². The van der Waals surface area contributed by atoms with E-state index in [2.05, 4.69) is 0 Å². The van der Waals surface area contributed by atoms with Gasteiger partial charge in [0.1, 0.15) is 5.82 Å². The van der Waals surface area contributed by atoms with Gasteiger partial charge in [-0.25, -0.2) is 4.39 Å². The summed E-state index contributed by atoms with van der Waals surface area (Å²) >= 11 is 5.78. The molecular formula is C14H14ClFN2. The highest BCUT2D eigenvalue weighted by molar-refractivity contribution is 6.31. The Morgan fingerprint density at radius 3 is 2.56 bits per heavy atom. The van der Waals surface area contributed by atoms with Gasteiger partial charge >= 0.3 is 0 Å². The van der Waals surface area contributed by atoms with Crippen molar-refractivity contribution in [1.82, 2.24) is 0 Å². The molecule has 2 nitrogen and oxygen atoms in total. The third-order valence-corrected chi connectivity index (χ3v) is 3.11. The molecule has 2 aromatic rings. The van der Waals surface area contributed by atoms with E-state index >= 15 is 0 Å². The predicted octanol–water partition coefficient (Wildman–Crippen LogP) is 3.71. The minimum Gasteiger partial charge on any atom is -0.345 e. The lowest BCUT2D eigenvalue weighted by atomic mass is 10.2. The Labute approximate surface area is 111 Å². The number of rotatable bonds is 3. The van der Waals surface area contributed by atoms with E-state index in [0.29, 0.717) is 6.54 Å². The third kappa shape index (κ3) is 2.63. The fraction of sp³-hybridized carbons (Fsp3) is 0.143. The summed E-state index contributed by atoms with van der Waals surface area (Å²) in [6, 6.07) is 12.5. The molecule has 94 valence electrons. The van der Waals surface area contributed by atoms with Crippen LogP contribution in [0, 0.1) is 5.82 Å². The molecule has 0 unspecified atom stereocenters. The predicted molar refractivity (Wildman–Crippen MR) is 73.8 cm³/mol. The highest BCUT2D eigenvalue weighted by atomic mass is 35.5. The van der Waals surface area contributed by atoms with Crippen LogP contribution in [0.3, 0.4) is 0 Å². The number of anilines is 2. The van der Waals surface area contributed by atoms with Crippen LogP contribution in [0.4, 0.5) is 15.8 Å². The van der Waals surface area contributed by atoms with Gasteiger partial charge in [-0.05, 0) is 35.9 Å². The topological polar surface area (TPSA) is 29.3 Å². The zero-order valence-electron chi connectivity index (χ0n) is 10.0. The molecule has 0 atom stereocenters. The molecule has 0 bridgehead atoms. The number of nitrogens with zero attached hydrogens (tertiary/aromatic N) is 1. The van der Waals surface area contributed by atoms with E-state index in [-0.39, 0.29) is 5.02 Å². The maximum Gasteiger partial charge on any atom is 0.141 e. The second kappa shape index (κ2) is 5.38. The summed E-state index contributed by atoms with van der Waals surface area (Å²) in [7, 11) is 1.90. The molecule has 2 aromatic carbocycles. The second-order valence-electron chi connectivity index (χ2n) is 4.03. The van der Waals surface area contributed by atoms with E-state index in [4.69, 9.17) is 17.3 Å². The zero-order valence-corrected chi connectivity index (χ0v) is 10.8. The minimum atomic E-state index is -0.412. The molecular weight excluding hydrogens is 251 g/mol. The Kier molecular flexibility index (Phi) is 3.84. The van der Waals surface area contributed by atoms with Crippen molar-refractivity contribution < 1.29 is 4.39 Å². The molecule has 18 heavy (non-hydrogen) atoms. The lowest BCUT2D eigenvalue weighted by Crippen LogP contribution is -2.10.